The van der Waals surface area contributed by atoms with E-state index in [4.69, 9.17) is 4.74 Å². The molecule has 0 atom stereocenters. The van der Waals surface area contributed by atoms with Crippen LogP contribution in [0.4, 0.5) is 0 Å². The molecule has 4 aromatic rings. The largest absolute Gasteiger partial charge is 0.497 e. The first-order valence-electron chi connectivity index (χ1n) is 7.57. The van der Waals surface area contributed by atoms with Crippen LogP contribution in [0.1, 0.15) is 0 Å². The van der Waals surface area contributed by atoms with Gasteiger partial charge in [-0.2, -0.15) is 0 Å². The summed E-state index contributed by atoms with van der Waals surface area (Å²) in [6.45, 7) is 0. The van der Waals surface area contributed by atoms with Gasteiger partial charge in [-0.25, -0.2) is 9.50 Å². The molecule has 0 saturated carbocycles. The molecule has 118 valence electrons. The number of nitrogens with one attached hydrogen (secondary N) is 1. The van der Waals surface area contributed by atoms with Crippen LogP contribution in [-0.2, 0) is 0 Å². The lowest BCUT2D eigenvalue weighted by Gasteiger charge is -2.03. The molecule has 4 rings (SSSR count). The predicted molar refractivity (Wildman–Crippen MR) is 93.2 cm³/mol. The molecule has 5 nitrogen and oxygen atoms in total. The third-order valence-electron chi connectivity index (χ3n) is 3.92. The Bertz CT molecular complexity index is 1050. The maximum atomic E-state index is 12.4. The normalized spacial score (nSPS) is 10.9. The van der Waals surface area contributed by atoms with Gasteiger partial charge in [0.1, 0.15) is 5.75 Å². The van der Waals surface area contributed by atoms with Crippen LogP contribution in [0.3, 0.4) is 0 Å². The number of nitrogens with zero attached hydrogens (tertiary/aromatic N) is 2. The molecule has 0 fully saturated rings. The fourth-order valence-electron chi connectivity index (χ4n) is 2.67. The van der Waals surface area contributed by atoms with Crippen LogP contribution in [0, 0.1) is 0 Å². The molecule has 0 aliphatic heterocycles. The molecule has 0 amide bonds. The summed E-state index contributed by atoms with van der Waals surface area (Å²) in [6, 6.07) is 20.7. The summed E-state index contributed by atoms with van der Waals surface area (Å²) in [4.78, 5) is 17.0. The highest BCUT2D eigenvalue weighted by molar-refractivity contribution is 5.67. The zero-order chi connectivity index (χ0) is 16.5. The van der Waals surface area contributed by atoms with Crippen LogP contribution in [0.25, 0.3) is 28.2 Å². The van der Waals surface area contributed by atoms with Gasteiger partial charge in [0, 0.05) is 17.7 Å². The van der Waals surface area contributed by atoms with Crippen molar-refractivity contribution in [2.45, 2.75) is 0 Å². The average Bonchev–Trinajstić information content (AvgIpc) is 3.07. The van der Waals surface area contributed by atoms with E-state index in [9.17, 15) is 4.79 Å². The Balaban J connectivity index is 1.83. The van der Waals surface area contributed by atoms with E-state index < -0.39 is 0 Å². The monoisotopic (exact) mass is 317 g/mol. The van der Waals surface area contributed by atoms with Crippen LogP contribution in [0.15, 0.2) is 71.5 Å². The Kier molecular flexibility index (Phi) is 3.39. The van der Waals surface area contributed by atoms with Crippen LogP contribution in [0.5, 0.6) is 5.75 Å². The van der Waals surface area contributed by atoms with Crippen LogP contribution < -0.4 is 10.3 Å². The quantitative estimate of drug-likeness (QED) is 0.630. The van der Waals surface area contributed by atoms with Crippen molar-refractivity contribution in [3.63, 3.8) is 0 Å². The first-order valence-corrected chi connectivity index (χ1v) is 7.57. The van der Waals surface area contributed by atoms with Crippen molar-refractivity contribution in [3.8, 4) is 28.3 Å². The highest BCUT2D eigenvalue weighted by Gasteiger charge is 2.09. The van der Waals surface area contributed by atoms with Gasteiger partial charge in [0.15, 0.2) is 5.65 Å². The molecule has 0 aliphatic rings. The van der Waals surface area contributed by atoms with Crippen LogP contribution >= 0.6 is 0 Å². The van der Waals surface area contributed by atoms with Crippen molar-refractivity contribution in [1.82, 2.24) is 14.6 Å². The number of benzene rings is 2. The molecule has 24 heavy (non-hydrogen) atoms. The van der Waals surface area contributed by atoms with Gasteiger partial charge >= 0.3 is 0 Å². The number of ether oxygens (including phenoxy) is 1. The topological polar surface area (TPSA) is 59.4 Å². The van der Waals surface area contributed by atoms with Gasteiger partial charge in [0.2, 0.25) is 0 Å². The van der Waals surface area contributed by atoms with Crippen molar-refractivity contribution < 1.29 is 4.74 Å². The molecule has 1 N–H and O–H groups in total. The number of aromatic amines is 1. The Labute approximate surface area is 138 Å². The van der Waals surface area contributed by atoms with Gasteiger partial charge in [0.25, 0.3) is 5.56 Å². The summed E-state index contributed by atoms with van der Waals surface area (Å²) in [5, 5.41) is 3.10. The summed E-state index contributed by atoms with van der Waals surface area (Å²) in [6.07, 6.45) is 0. The van der Waals surface area contributed by atoms with Gasteiger partial charge in [-0.15, -0.1) is 0 Å². The van der Waals surface area contributed by atoms with Crippen molar-refractivity contribution in [3.05, 3.63) is 77.1 Å². The molecule has 0 spiro atoms. The molecule has 0 aliphatic carbocycles. The smallest absolute Gasteiger partial charge is 0.273 e. The van der Waals surface area contributed by atoms with Crippen molar-refractivity contribution in [2.24, 2.45) is 0 Å². The second-order valence-corrected chi connectivity index (χ2v) is 5.44. The lowest BCUT2D eigenvalue weighted by atomic mass is 10.1. The Morgan fingerprint density at radius 2 is 1.71 bits per heavy atom. The first-order chi connectivity index (χ1) is 11.7. The van der Waals surface area contributed by atoms with Crippen molar-refractivity contribution >= 4 is 5.65 Å². The third kappa shape index (κ3) is 2.46. The van der Waals surface area contributed by atoms with Gasteiger partial charge in [-0.05, 0) is 29.8 Å². The second-order valence-electron chi connectivity index (χ2n) is 5.44. The number of rotatable bonds is 3. The van der Waals surface area contributed by atoms with Crippen LogP contribution in [-0.4, -0.2) is 21.7 Å². The number of hydrogen-bond acceptors (Lipinski definition) is 3. The van der Waals surface area contributed by atoms with Gasteiger partial charge in [-0.1, -0.05) is 30.3 Å². The summed E-state index contributed by atoms with van der Waals surface area (Å²) in [5.74, 6) is 0.768. The van der Waals surface area contributed by atoms with Crippen molar-refractivity contribution in [2.75, 3.05) is 7.11 Å². The molecule has 2 aromatic carbocycles. The molecule has 0 bridgehead atoms. The molecule has 2 aromatic heterocycles. The number of fused-ring (bicyclic) bond motifs is 1. The fourth-order valence-corrected chi connectivity index (χ4v) is 2.67. The minimum Gasteiger partial charge on any atom is -0.497 e. The van der Waals surface area contributed by atoms with E-state index in [1.165, 1.54) is 10.6 Å². The SMILES string of the molecule is COc1ccc(-c2cc(=O)n3[nH]c(-c4ccccc4)cc3n2)cc1. The predicted octanol–water partition coefficient (Wildman–Crippen LogP) is 3.37. The Morgan fingerprint density at radius 1 is 0.958 bits per heavy atom. The maximum Gasteiger partial charge on any atom is 0.273 e. The van der Waals surface area contributed by atoms with Gasteiger partial charge in [0.05, 0.1) is 18.5 Å². The first kappa shape index (κ1) is 14.3. The summed E-state index contributed by atoms with van der Waals surface area (Å²) in [7, 11) is 1.62. The van der Waals surface area contributed by atoms with Gasteiger partial charge in [-0.3, -0.25) is 9.89 Å². The average molecular weight is 317 g/mol. The molecule has 0 unspecified atom stereocenters. The lowest BCUT2D eigenvalue weighted by Crippen LogP contribution is -2.14. The number of methoxy groups -OCH3 is 1. The lowest BCUT2D eigenvalue weighted by molar-refractivity contribution is 0.415. The number of H-pyrrole nitrogens is 1. The van der Waals surface area contributed by atoms with E-state index in [1.807, 2.05) is 60.7 Å². The van der Waals surface area contributed by atoms with E-state index in [2.05, 4.69) is 10.1 Å². The van der Waals surface area contributed by atoms with Crippen molar-refractivity contribution in [1.29, 1.82) is 0 Å². The Morgan fingerprint density at radius 3 is 2.42 bits per heavy atom. The van der Waals surface area contributed by atoms with Gasteiger partial charge < -0.3 is 4.74 Å². The summed E-state index contributed by atoms with van der Waals surface area (Å²) >= 11 is 0. The molecule has 2 heterocycles. The minimum absolute atomic E-state index is 0.145. The summed E-state index contributed by atoms with van der Waals surface area (Å²) in [5.41, 5.74) is 3.82. The third-order valence-corrected chi connectivity index (χ3v) is 3.92. The van der Waals surface area contributed by atoms with E-state index in [1.54, 1.807) is 7.11 Å². The maximum absolute atomic E-state index is 12.4. The highest BCUT2D eigenvalue weighted by atomic mass is 16.5. The van der Waals surface area contributed by atoms with E-state index in [0.29, 0.717) is 11.3 Å². The summed E-state index contributed by atoms with van der Waals surface area (Å²) < 4.78 is 6.61. The molecule has 5 heteroatoms. The van der Waals surface area contributed by atoms with E-state index in [0.717, 1.165) is 22.6 Å². The molecular weight excluding hydrogens is 302 g/mol. The zero-order valence-corrected chi connectivity index (χ0v) is 13.1. The Hall–Kier alpha value is -3.34. The number of hydrogen-bond donors (Lipinski definition) is 1. The number of aromatic nitrogens is 3. The highest BCUT2D eigenvalue weighted by Crippen LogP contribution is 2.22. The van der Waals surface area contributed by atoms with E-state index >= 15 is 0 Å². The molecule has 0 saturated heterocycles. The zero-order valence-electron chi connectivity index (χ0n) is 13.1. The van der Waals surface area contributed by atoms with Crippen LogP contribution in [0.2, 0.25) is 0 Å². The molecular formula is C19H15N3O2. The molecule has 0 radical (unpaired) electrons. The minimum atomic E-state index is -0.145. The fraction of sp³-hybridized carbons (Fsp3) is 0.0526. The van der Waals surface area contributed by atoms with E-state index in [-0.39, 0.29) is 5.56 Å². The second kappa shape index (κ2) is 5.70. The standard InChI is InChI=1S/C19H15N3O2/c1-24-15-9-7-14(8-10-15)16-12-19(23)22-18(20-16)11-17(21-22)13-5-3-2-4-6-13/h2-12,21H,1H3.